The summed E-state index contributed by atoms with van der Waals surface area (Å²) in [7, 11) is 0. The highest BCUT2D eigenvalue weighted by Gasteiger charge is 2.23. The Morgan fingerprint density at radius 2 is 1.52 bits per heavy atom. The lowest BCUT2D eigenvalue weighted by Gasteiger charge is -2.22. The van der Waals surface area contributed by atoms with Crippen molar-refractivity contribution in [1.29, 1.82) is 0 Å². The third-order valence-corrected chi connectivity index (χ3v) is 4.40. The molecule has 2 nitrogen and oxygen atoms in total. The maximum absolute atomic E-state index is 9.57. The van der Waals surface area contributed by atoms with E-state index in [-0.39, 0.29) is 12.4 Å². The van der Waals surface area contributed by atoms with Gasteiger partial charge in [0.25, 0.3) is 0 Å². The fraction of sp³-hybridized carbons (Fsp3) is 0.400. The number of hydrogen-bond acceptors (Lipinski definition) is 2. The molecule has 1 aliphatic rings. The Balaban J connectivity index is 0.00000192. The average molecular weight is 332 g/mol. The van der Waals surface area contributed by atoms with Gasteiger partial charge in [-0.3, -0.25) is 0 Å². The summed E-state index contributed by atoms with van der Waals surface area (Å²) in [4.78, 5) is 2.59. The fourth-order valence-electron chi connectivity index (χ4n) is 2.89. The molecule has 0 atom stereocenters. The highest BCUT2D eigenvalue weighted by molar-refractivity contribution is 5.85. The van der Waals surface area contributed by atoms with Crippen LogP contribution < -0.4 is 0 Å². The Labute approximate surface area is 145 Å². The van der Waals surface area contributed by atoms with Crippen LogP contribution in [0.3, 0.4) is 0 Å². The van der Waals surface area contributed by atoms with Gasteiger partial charge >= 0.3 is 0 Å². The van der Waals surface area contributed by atoms with Crippen molar-refractivity contribution < 1.29 is 5.11 Å². The molecule has 0 aliphatic heterocycles. The van der Waals surface area contributed by atoms with Crippen molar-refractivity contribution in [2.45, 2.75) is 25.7 Å². The molecule has 124 valence electrons. The van der Waals surface area contributed by atoms with Crippen LogP contribution in [0.5, 0.6) is 5.75 Å². The van der Waals surface area contributed by atoms with Crippen LogP contribution in [0, 0.1) is 5.92 Å². The van der Waals surface area contributed by atoms with Gasteiger partial charge in [0.15, 0.2) is 0 Å². The van der Waals surface area contributed by atoms with E-state index in [9.17, 15) is 5.11 Å². The Hall–Kier alpha value is -1.51. The molecule has 0 heterocycles. The molecule has 0 saturated heterocycles. The van der Waals surface area contributed by atoms with Crippen LogP contribution in [0.1, 0.15) is 24.0 Å². The average Bonchev–Trinajstić information content (AvgIpc) is 3.35. The van der Waals surface area contributed by atoms with Gasteiger partial charge in [-0.2, -0.15) is 0 Å². The highest BCUT2D eigenvalue weighted by Crippen LogP contribution is 2.29. The van der Waals surface area contributed by atoms with Crippen molar-refractivity contribution in [2.24, 2.45) is 5.92 Å². The predicted octanol–water partition coefficient (Wildman–Crippen LogP) is 4.31. The number of halogens is 1. The zero-order valence-corrected chi connectivity index (χ0v) is 14.3. The molecule has 1 fully saturated rings. The Bertz CT molecular complexity index is 583. The van der Waals surface area contributed by atoms with E-state index >= 15 is 0 Å². The summed E-state index contributed by atoms with van der Waals surface area (Å²) in [5.41, 5.74) is 2.64. The lowest BCUT2D eigenvalue weighted by Crippen LogP contribution is -2.30. The van der Waals surface area contributed by atoms with Crippen LogP contribution in [0.4, 0.5) is 0 Å². The number of benzene rings is 2. The van der Waals surface area contributed by atoms with Gasteiger partial charge < -0.3 is 10.0 Å². The van der Waals surface area contributed by atoms with Crippen LogP contribution in [0.15, 0.2) is 54.6 Å². The summed E-state index contributed by atoms with van der Waals surface area (Å²) in [5.74, 6) is 1.29. The van der Waals surface area contributed by atoms with E-state index in [1.807, 2.05) is 12.1 Å². The first-order chi connectivity index (χ1) is 10.8. The Morgan fingerprint density at radius 1 is 0.870 bits per heavy atom. The first-order valence-electron chi connectivity index (χ1n) is 8.34. The molecule has 0 unspecified atom stereocenters. The summed E-state index contributed by atoms with van der Waals surface area (Å²) in [6.07, 6.45) is 4.92. The van der Waals surface area contributed by atoms with Crippen LogP contribution in [-0.4, -0.2) is 29.6 Å². The molecule has 0 radical (unpaired) electrons. The molecule has 0 aromatic heterocycles. The van der Waals surface area contributed by atoms with Gasteiger partial charge in [0.1, 0.15) is 5.75 Å². The Kier molecular flexibility index (Phi) is 6.94. The second kappa shape index (κ2) is 8.95. The van der Waals surface area contributed by atoms with Crippen LogP contribution in [-0.2, 0) is 12.8 Å². The molecule has 1 saturated carbocycles. The minimum absolute atomic E-state index is 0. The predicted molar refractivity (Wildman–Crippen MR) is 98.4 cm³/mol. The minimum Gasteiger partial charge on any atom is -0.508 e. The largest absolute Gasteiger partial charge is 0.508 e. The van der Waals surface area contributed by atoms with Gasteiger partial charge in [-0.15, -0.1) is 12.4 Å². The second-order valence-corrected chi connectivity index (χ2v) is 6.40. The summed E-state index contributed by atoms with van der Waals surface area (Å²) < 4.78 is 0. The maximum Gasteiger partial charge on any atom is 0.115 e. The van der Waals surface area contributed by atoms with Crippen LogP contribution in [0.2, 0.25) is 0 Å². The SMILES string of the molecule is Cl.Oc1cccc(CCN(CCc2ccccc2)CC2CC2)c1. The molecule has 1 N–H and O–H groups in total. The van der Waals surface area contributed by atoms with E-state index in [1.165, 1.54) is 30.5 Å². The molecular weight excluding hydrogens is 306 g/mol. The number of nitrogens with zero attached hydrogens (tertiary/aromatic N) is 1. The lowest BCUT2D eigenvalue weighted by atomic mass is 10.1. The molecule has 23 heavy (non-hydrogen) atoms. The number of aromatic hydroxyl groups is 1. The van der Waals surface area contributed by atoms with E-state index in [2.05, 4.69) is 41.3 Å². The third kappa shape index (κ3) is 6.25. The highest BCUT2D eigenvalue weighted by atomic mass is 35.5. The normalized spacial score (nSPS) is 13.8. The van der Waals surface area contributed by atoms with Crippen molar-refractivity contribution >= 4 is 12.4 Å². The van der Waals surface area contributed by atoms with Crippen LogP contribution >= 0.6 is 12.4 Å². The third-order valence-electron chi connectivity index (χ3n) is 4.40. The zero-order valence-electron chi connectivity index (χ0n) is 13.5. The van der Waals surface area contributed by atoms with Gasteiger partial charge in [0.05, 0.1) is 0 Å². The lowest BCUT2D eigenvalue weighted by molar-refractivity contribution is 0.269. The number of phenols is 1. The standard InChI is InChI=1S/C20H25NO.ClH/c22-20-8-4-7-18(15-20)12-14-21(16-19-9-10-19)13-11-17-5-2-1-3-6-17;/h1-8,15,19,22H,9-14,16H2;1H. The molecule has 2 aromatic rings. The van der Waals surface area contributed by atoms with E-state index < -0.39 is 0 Å². The van der Waals surface area contributed by atoms with Crippen LogP contribution in [0.25, 0.3) is 0 Å². The molecule has 3 rings (SSSR count). The number of rotatable bonds is 8. The van der Waals surface area contributed by atoms with Gasteiger partial charge in [-0.05, 0) is 54.9 Å². The van der Waals surface area contributed by atoms with Gasteiger partial charge in [0, 0.05) is 19.6 Å². The Morgan fingerprint density at radius 3 is 2.17 bits per heavy atom. The second-order valence-electron chi connectivity index (χ2n) is 6.40. The minimum atomic E-state index is 0. The van der Waals surface area contributed by atoms with Gasteiger partial charge in [-0.25, -0.2) is 0 Å². The summed E-state index contributed by atoms with van der Waals surface area (Å²) in [6.45, 7) is 3.43. The first-order valence-corrected chi connectivity index (χ1v) is 8.34. The summed E-state index contributed by atoms with van der Waals surface area (Å²) in [5, 5.41) is 9.57. The summed E-state index contributed by atoms with van der Waals surface area (Å²) in [6, 6.07) is 18.4. The number of hydrogen-bond donors (Lipinski definition) is 1. The van der Waals surface area contributed by atoms with Crippen molar-refractivity contribution in [3.63, 3.8) is 0 Å². The topological polar surface area (TPSA) is 23.5 Å². The van der Waals surface area contributed by atoms with E-state index in [1.54, 1.807) is 6.07 Å². The fourth-order valence-corrected chi connectivity index (χ4v) is 2.89. The van der Waals surface area contributed by atoms with Crippen molar-refractivity contribution in [2.75, 3.05) is 19.6 Å². The quantitative estimate of drug-likeness (QED) is 0.779. The van der Waals surface area contributed by atoms with Gasteiger partial charge in [0.2, 0.25) is 0 Å². The molecule has 0 bridgehead atoms. The molecule has 0 spiro atoms. The van der Waals surface area contributed by atoms with Gasteiger partial charge in [-0.1, -0.05) is 42.5 Å². The number of phenolic OH excluding ortho intramolecular Hbond substituents is 1. The molecule has 1 aliphatic carbocycles. The molecule has 2 aromatic carbocycles. The van der Waals surface area contributed by atoms with Crippen molar-refractivity contribution in [1.82, 2.24) is 4.90 Å². The smallest absolute Gasteiger partial charge is 0.115 e. The zero-order chi connectivity index (χ0) is 15.2. The molecule has 3 heteroatoms. The summed E-state index contributed by atoms with van der Waals surface area (Å²) >= 11 is 0. The molecular formula is C20H26ClNO. The van der Waals surface area contributed by atoms with E-state index in [0.29, 0.717) is 5.75 Å². The van der Waals surface area contributed by atoms with E-state index in [0.717, 1.165) is 31.8 Å². The first kappa shape index (κ1) is 17.8. The maximum atomic E-state index is 9.57. The monoisotopic (exact) mass is 331 g/mol. The van der Waals surface area contributed by atoms with Crippen molar-refractivity contribution in [3.8, 4) is 5.75 Å². The van der Waals surface area contributed by atoms with Crippen molar-refractivity contribution in [3.05, 3.63) is 65.7 Å². The molecule has 0 amide bonds. The van der Waals surface area contributed by atoms with E-state index in [4.69, 9.17) is 0 Å².